The number of likely N-dealkylation sites (tertiary alicyclic amines) is 1. The average Bonchev–Trinajstić information content (AvgIpc) is 2.74. The molecular weight excluding hydrogens is 254 g/mol. The van der Waals surface area contributed by atoms with Crippen LogP contribution in [0.5, 0.6) is 0 Å². The van der Waals surface area contributed by atoms with Gasteiger partial charge in [-0.25, -0.2) is 4.79 Å². The van der Waals surface area contributed by atoms with Crippen molar-refractivity contribution in [1.29, 1.82) is 0 Å². The Bertz CT molecular complexity index is 474. The molecule has 1 aliphatic rings. The Morgan fingerprint density at radius 3 is 2.90 bits per heavy atom. The van der Waals surface area contributed by atoms with Crippen LogP contribution >= 0.6 is 0 Å². The average molecular weight is 275 g/mol. The summed E-state index contributed by atoms with van der Waals surface area (Å²) in [5, 5.41) is 10.4. The molecule has 20 heavy (non-hydrogen) atoms. The SMILES string of the molecule is C=CC[C@]1(O)CCN(C(=O)OCc2ccccc2)[C@H]1C. The van der Waals surface area contributed by atoms with Crippen LogP contribution in [-0.2, 0) is 11.3 Å². The molecule has 0 spiro atoms. The van der Waals surface area contributed by atoms with Crippen LogP contribution < -0.4 is 0 Å². The molecular formula is C16H21NO3. The maximum Gasteiger partial charge on any atom is 0.410 e. The second-order valence-corrected chi connectivity index (χ2v) is 5.26. The van der Waals surface area contributed by atoms with Gasteiger partial charge in [0.1, 0.15) is 6.61 Å². The Kier molecular flexibility index (Phi) is 4.45. The Hall–Kier alpha value is -1.81. The molecule has 1 fully saturated rings. The fraction of sp³-hybridized carbons (Fsp3) is 0.438. The fourth-order valence-electron chi connectivity index (χ4n) is 2.58. The van der Waals surface area contributed by atoms with Crippen molar-refractivity contribution in [3.8, 4) is 0 Å². The highest BCUT2D eigenvalue weighted by molar-refractivity contribution is 5.68. The van der Waals surface area contributed by atoms with Crippen LogP contribution in [0.3, 0.4) is 0 Å². The van der Waals surface area contributed by atoms with Crippen LogP contribution in [0, 0.1) is 0 Å². The predicted molar refractivity (Wildman–Crippen MR) is 77.2 cm³/mol. The minimum absolute atomic E-state index is 0.253. The fourth-order valence-corrected chi connectivity index (χ4v) is 2.58. The smallest absolute Gasteiger partial charge is 0.410 e. The van der Waals surface area contributed by atoms with E-state index in [0.717, 1.165) is 5.56 Å². The van der Waals surface area contributed by atoms with Gasteiger partial charge in [0.15, 0.2) is 0 Å². The number of rotatable bonds is 4. The molecule has 0 unspecified atom stereocenters. The van der Waals surface area contributed by atoms with Gasteiger partial charge in [-0.1, -0.05) is 36.4 Å². The van der Waals surface area contributed by atoms with E-state index in [4.69, 9.17) is 4.74 Å². The lowest BCUT2D eigenvalue weighted by Crippen LogP contribution is -2.44. The highest BCUT2D eigenvalue weighted by atomic mass is 16.6. The number of amides is 1. The van der Waals surface area contributed by atoms with Gasteiger partial charge in [-0.05, 0) is 25.3 Å². The minimum Gasteiger partial charge on any atom is -0.445 e. The second-order valence-electron chi connectivity index (χ2n) is 5.26. The van der Waals surface area contributed by atoms with Gasteiger partial charge in [-0.2, -0.15) is 0 Å². The molecule has 0 aliphatic carbocycles. The first-order chi connectivity index (χ1) is 9.57. The number of aliphatic hydroxyl groups is 1. The van der Waals surface area contributed by atoms with E-state index in [0.29, 0.717) is 19.4 Å². The lowest BCUT2D eigenvalue weighted by molar-refractivity contribution is 0.00975. The van der Waals surface area contributed by atoms with Crippen LogP contribution in [-0.4, -0.2) is 34.3 Å². The standard InChI is InChI=1S/C16H21NO3/c1-3-9-16(19)10-11-17(13(16)2)15(18)20-12-14-7-5-4-6-8-14/h3-8,13,19H,1,9-12H2,2H3/t13-,16-/m0/s1. The summed E-state index contributed by atoms with van der Waals surface area (Å²) >= 11 is 0. The number of hydrogen-bond donors (Lipinski definition) is 1. The third kappa shape index (κ3) is 3.02. The molecule has 4 nitrogen and oxygen atoms in total. The molecule has 1 aromatic carbocycles. The van der Waals surface area contributed by atoms with Crippen molar-refractivity contribution in [3.05, 3.63) is 48.6 Å². The van der Waals surface area contributed by atoms with E-state index < -0.39 is 5.60 Å². The van der Waals surface area contributed by atoms with Crippen molar-refractivity contribution in [2.24, 2.45) is 0 Å². The van der Waals surface area contributed by atoms with E-state index in [1.54, 1.807) is 11.0 Å². The van der Waals surface area contributed by atoms with E-state index in [2.05, 4.69) is 6.58 Å². The summed E-state index contributed by atoms with van der Waals surface area (Å²) in [5.74, 6) is 0. The predicted octanol–water partition coefficient (Wildman–Crippen LogP) is 2.72. The molecule has 1 N–H and O–H groups in total. The van der Waals surface area contributed by atoms with Crippen molar-refractivity contribution in [2.45, 2.75) is 38.0 Å². The molecule has 0 aromatic heterocycles. The maximum absolute atomic E-state index is 12.1. The molecule has 1 aliphatic heterocycles. The van der Waals surface area contributed by atoms with E-state index in [1.807, 2.05) is 37.3 Å². The molecule has 0 saturated carbocycles. The van der Waals surface area contributed by atoms with Gasteiger partial charge in [-0.3, -0.25) is 0 Å². The van der Waals surface area contributed by atoms with Gasteiger partial charge in [0.25, 0.3) is 0 Å². The summed E-state index contributed by atoms with van der Waals surface area (Å²) in [6, 6.07) is 9.30. The van der Waals surface area contributed by atoms with E-state index in [9.17, 15) is 9.90 Å². The van der Waals surface area contributed by atoms with Gasteiger partial charge in [0.2, 0.25) is 0 Å². The first-order valence-corrected chi connectivity index (χ1v) is 6.87. The molecule has 0 radical (unpaired) electrons. The topological polar surface area (TPSA) is 49.8 Å². The van der Waals surface area contributed by atoms with Gasteiger partial charge in [0, 0.05) is 6.54 Å². The molecule has 2 atom stereocenters. The Morgan fingerprint density at radius 1 is 1.55 bits per heavy atom. The lowest BCUT2D eigenvalue weighted by Gasteiger charge is -2.29. The number of carbonyl (C=O) groups excluding carboxylic acids is 1. The summed E-state index contributed by atoms with van der Waals surface area (Å²) in [7, 11) is 0. The molecule has 1 saturated heterocycles. The summed E-state index contributed by atoms with van der Waals surface area (Å²) < 4.78 is 5.30. The third-order valence-corrected chi connectivity index (χ3v) is 3.97. The van der Waals surface area contributed by atoms with Crippen LogP contribution in [0.4, 0.5) is 4.79 Å². The highest BCUT2D eigenvalue weighted by Crippen LogP contribution is 2.32. The largest absolute Gasteiger partial charge is 0.445 e. The van der Waals surface area contributed by atoms with Gasteiger partial charge in [-0.15, -0.1) is 6.58 Å². The minimum atomic E-state index is -0.881. The zero-order chi connectivity index (χ0) is 14.6. The van der Waals surface area contributed by atoms with E-state index in [-0.39, 0.29) is 18.7 Å². The van der Waals surface area contributed by atoms with Gasteiger partial charge < -0.3 is 14.7 Å². The van der Waals surface area contributed by atoms with Crippen molar-refractivity contribution >= 4 is 6.09 Å². The summed E-state index contributed by atoms with van der Waals surface area (Å²) in [5.41, 5.74) is 0.0714. The summed E-state index contributed by atoms with van der Waals surface area (Å²) in [4.78, 5) is 13.7. The first kappa shape index (κ1) is 14.6. The summed E-state index contributed by atoms with van der Waals surface area (Å²) in [6.07, 6.45) is 2.35. The summed E-state index contributed by atoms with van der Waals surface area (Å²) in [6.45, 7) is 6.27. The molecule has 108 valence electrons. The van der Waals surface area contributed by atoms with Crippen molar-refractivity contribution < 1.29 is 14.6 Å². The molecule has 1 heterocycles. The van der Waals surface area contributed by atoms with Crippen molar-refractivity contribution in [3.63, 3.8) is 0 Å². The first-order valence-electron chi connectivity index (χ1n) is 6.87. The Labute approximate surface area is 119 Å². The highest BCUT2D eigenvalue weighted by Gasteiger charge is 2.44. The van der Waals surface area contributed by atoms with Crippen LogP contribution in [0.25, 0.3) is 0 Å². The third-order valence-electron chi connectivity index (χ3n) is 3.97. The molecule has 0 bridgehead atoms. The maximum atomic E-state index is 12.1. The zero-order valence-corrected chi connectivity index (χ0v) is 11.8. The normalized spacial score (nSPS) is 25.5. The van der Waals surface area contributed by atoms with Crippen molar-refractivity contribution in [2.75, 3.05) is 6.54 Å². The van der Waals surface area contributed by atoms with Crippen LogP contribution in [0.15, 0.2) is 43.0 Å². The number of ether oxygens (including phenoxy) is 1. The van der Waals surface area contributed by atoms with Gasteiger partial charge in [0.05, 0.1) is 11.6 Å². The van der Waals surface area contributed by atoms with E-state index >= 15 is 0 Å². The van der Waals surface area contributed by atoms with Crippen LogP contribution in [0.1, 0.15) is 25.3 Å². The molecule has 1 aromatic rings. The quantitative estimate of drug-likeness (QED) is 0.860. The van der Waals surface area contributed by atoms with E-state index in [1.165, 1.54) is 0 Å². The van der Waals surface area contributed by atoms with Gasteiger partial charge >= 0.3 is 6.09 Å². The monoisotopic (exact) mass is 275 g/mol. The number of carbonyl (C=O) groups is 1. The lowest BCUT2D eigenvalue weighted by atomic mass is 9.92. The van der Waals surface area contributed by atoms with Crippen LogP contribution in [0.2, 0.25) is 0 Å². The number of nitrogens with zero attached hydrogens (tertiary/aromatic N) is 1. The number of hydrogen-bond acceptors (Lipinski definition) is 3. The molecule has 2 rings (SSSR count). The Balaban J connectivity index is 1.92. The Morgan fingerprint density at radius 2 is 2.25 bits per heavy atom. The number of benzene rings is 1. The zero-order valence-electron chi connectivity index (χ0n) is 11.8. The second kappa shape index (κ2) is 6.09. The molecule has 1 amide bonds. The van der Waals surface area contributed by atoms with Crippen molar-refractivity contribution in [1.82, 2.24) is 4.90 Å². The molecule has 4 heteroatoms.